The highest BCUT2D eigenvalue weighted by Crippen LogP contribution is 2.12. The lowest BCUT2D eigenvalue weighted by Crippen LogP contribution is -2.52. The first-order valence-electron chi connectivity index (χ1n) is 14.3. The first kappa shape index (κ1) is 39.7. The molecule has 0 bridgehead atoms. The first-order chi connectivity index (χ1) is 21.6. The second-order valence-electron chi connectivity index (χ2n) is 11.0. The minimum absolute atomic E-state index is 0.0236. The number of methoxy groups -OCH3 is 3. The van der Waals surface area contributed by atoms with Gasteiger partial charge in [-0.3, -0.25) is 14.4 Å². The van der Waals surface area contributed by atoms with Crippen LogP contribution in [0.3, 0.4) is 0 Å². The van der Waals surface area contributed by atoms with Gasteiger partial charge in [0.25, 0.3) is 0 Å². The fraction of sp³-hybridized carbons (Fsp3) is 0.567. The van der Waals surface area contributed by atoms with Crippen molar-refractivity contribution in [1.29, 1.82) is 0 Å². The molecule has 15 nitrogen and oxygen atoms in total. The average molecular weight is 669 g/mol. The standard InChI is InChI=1S/C30H44N4O11S/c1-18(35)31-21(15-19-11-9-8-10-12-19)25(37)33-20(26(38)42-5)13-14-24(36)32-22(27(39)43-6)16-46-17-23(28(40)44-7)34-29(41)45-30(2,3)4/h8-12,20-23H,13-17H2,1-7H3,(H,31,35)(H,32,36)(H,33,37)(H,34,41)/t20-,21+,22-,23+/m1/s1. The summed E-state index contributed by atoms with van der Waals surface area (Å²) in [5.41, 5.74) is -0.0287. The van der Waals surface area contributed by atoms with E-state index < -0.39 is 71.5 Å². The number of benzene rings is 1. The van der Waals surface area contributed by atoms with Gasteiger partial charge in [-0.15, -0.1) is 0 Å². The lowest BCUT2D eigenvalue weighted by atomic mass is 10.0. The van der Waals surface area contributed by atoms with Crippen molar-refractivity contribution in [3.63, 3.8) is 0 Å². The zero-order valence-corrected chi connectivity index (χ0v) is 27.9. The molecule has 4 atom stereocenters. The van der Waals surface area contributed by atoms with Gasteiger partial charge in [-0.1, -0.05) is 30.3 Å². The third kappa shape index (κ3) is 15.6. The second-order valence-corrected chi connectivity index (χ2v) is 12.0. The van der Waals surface area contributed by atoms with E-state index in [1.807, 2.05) is 6.07 Å². The molecular formula is C30H44N4O11S. The van der Waals surface area contributed by atoms with Gasteiger partial charge >= 0.3 is 24.0 Å². The van der Waals surface area contributed by atoms with Gasteiger partial charge in [-0.2, -0.15) is 11.8 Å². The quantitative estimate of drug-likeness (QED) is 0.133. The van der Waals surface area contributed by atoms with Crippen LogP contribution in [-0.4, -0.2) is 104 Å². The van der Waals surface area contributed by atoms with E-state index in [0.29, 0.717) is 0 Å². The fourth-order valence-electron chi connectivity index (χ4n) is 3.89. The Labute approximate surface area is 272 Å². The number of esters is 3. The molecule has 0 aliphatic carbocycles. The van der Waals surface area contributed by atoms with Crippen LogP contribution in [0.25, 0.3) is 0 Å². The summed E-state index contributed by atoms with van der Waals surface area (Å²) in [6, 6.07) is 4.46. The van der Waals surface area contributed by atoms with Crippen molar-refractivity contribution >= 4 is 53.5 Å². The van der Waals surface area contributed by atoms with Crippen molar-refractivity contribution < 1.29 is 52.5 Å². The van der Waals surface area contributed by atoms with Crippen LogP contribution in [0.1, 0.15) is 46.1 Å². The number of carbonyl (C=O) groups is 7. The van der Waals surface area contributed by atoms with Gasteiger partial charge in [-0.05, 0) is 32.8 Å². The molecule has 16 heteroatoms. The predicted molar refractivity (Wildman–Crippen MR) is 167 cm³/mol. The van der Waals surface area contributed by atoms with Crippen molar-refractivity contribution in [2.24, 2.45) is 0 Å². The summed E-state index contributed by atoms with van der Waals surface area (Å²) >= 11 is 1.06. The zero-order valence-electron chi connectivity index (χ0n) is 27.1. The maximum atomic E-state index is 13.1. The van der Waals surface area contributed by atoms with Gasteiger partial charge in [0, 0.05) is 31.3 Å². The molecule has 0 unspecified atom stereocenters. The molecule has 0 aromatic heterocycles. The van der Waals surface area contributed by atoms with Crippen LogP contribution in [0, 0.1) is 0 Å². The molecule has 0 saturated carbocycles. The summed E-state index contributed by atoms with van der Waals surface area (Å²) < 4.78 is 19.5. The van der Waals surface area contributed by atoms with Crippen LogP contribution in [-0.2, 0) is 54.1 Å². The maximum Gasteiger partial charge on any atom is 0.408 e. The van der Waals surface area contributed by atoms with Crippen LogP contribution in [0.15, 0.2) is 30.3 Å². The number of carbonyl (C=O) groups excluding carboxylic acids is 7. The van der Waals surface area contributed by atoms with Crippen LogP contribution in [0.5, 0.6) is 0 Å². The van der Waals surface area contributed by atoms with E-state index >= 15 is 0 Å². The van der Waals surface area contributed by atoms with E-state index in [4.69, 9.17) is 18.9 Å². The Morgan fingerprint density at radius 1 is 0.717 bits per heavy atom. The summed E-state index contributed by atoms with van der Waals surface area (Å²) in [4.78, 5) is 86.9. The number of hydrogen-bond donors (Lipinski definition) is 4. The molecule has 1 rings (SSSR count). The third-order valence-corrected chi connectivity index (χ3v) is 7.14. The summed E-state index contributed by atoms with van der Waals surface area (Å²) in [7, 11) is 3.42. The molecule has 1 aromatic carbocycles. The van der Waals surface area contributed by atoms with E-state index in [2.05, 4.69) is 21.3 Å². The lowest BCUT2D eigenvalue weighted by Gasteiger charge is -2.23. The average Bonchev–Trinajstić information content (AvgIpc) is 2.99. The number of rotatable bonds is 17. The van der Waals surface area contributed by atoms with E-state index in [1.54, 1.807) is 45.0 Å². The van der Waals surface area contributed by atoms with Crippen molar-refractivity contribution in [3.8, 4) is 0 Å². The largest absolute Gasteiger partial charge is 0.467 e. The molecule has 256 valence electrons. The summed E-state index contributed by atoms with van der Waals surface area (Å²) in [5.74, 6) is -4.13. The van der Waals surface area contributed by atoms with Crippen LogP contribution >= 0.6 is 11.8 Å². The van der Waals surface area contributed by atoms with Crippen molar-refractivity contribution in [1.82, 2.24) is 21.3 Å². The van der Waals surface area contributed by atoms with Gasteiger partial charge in [0.2, 0.25) is 17.7 Å². The number of ether oxygens (including phenoxy) is 4. The Morgan fingerprint density at radius 2 is 1.24 bits per heavy atom. The van der Waals surface area contributed by atoms with Crippen molar-refractivity contribution in [3.05, 3.63) is 35.9 Å². The molecule has 4 N–H and O–H groups in total. The number of amides is 4. The Bertz CT molecular complexity index is 1210. The Morgan fingerprint density at radius 3 is 1.74 bits per heavy atom. The van der Waals surface area contributed by atoms with Gasteiger partial charge in [-0.25, -0.2) is 19.2 Å². The van der Waals surface area contributed by atoms with Gasteiger partial charge in [0.05, 0.1) is 21.3 Å². The van der Waals surface area contributed by atoms with Gasteiger partial charge < -0.3 is 40.2 Å². The van der Waals surface area contributed by atoms with E-state index in [-0.39, 0.29) is 30.8 Å². The van der Waals surface area contributed by atoms with Crippen LogP contribution in [0.4, 0.5) is 4.79 Å². The normalized spacial score (nSPS) is 13.5. The van der Waals surface area contributed by atoms with E-state index in [0.717, 1.165) is 38.7 Å². The van der Waals surface area contributed by atoms with Gasteiger partial charge in [0.15, 0.2) is 0 Å². The molecule has 0 radical (unpaired) electrons. The summed E-state index contributed by atoms with van der Waals surface area (Å²) in [6.07, 6.45) is -1.17. The molecular weight excluding hydrogens is 624 g/mol. The number of alkyl carbamates (subject to hydrolysis) is 1. The van der Waals surface area contributed by atoms with Crippen molar-refractivity contribution in [2.45, 2.75) is 76.7 Å². The van der Waals surface area contributed by atoms with E-state index in [9.17, 15) is 33.6 Å². The monoisotopic (exact) mass is 668 g/mol. The molecule has 0 aliphatic rings. The summed E-state index contributed by atoms with van der Waals surface area (Å²) in [5, 5.41) is 10.0. The molecule has 0 heterocycles. The maximum absolute atomic E-state index is 13.1. The highest BCUT2D eigenvalue weighted by atomic mass is 32.2. The van der Waals surface area contributed by atoms with E-state index in [1.165, 1.54) is 6.92 Å². The summed E-state index contributed by atoms with van der Waals surface area (Å²) in [6.45, 7) is 6.24. The molecule has 0 fully saturated rings. The first-order valence-corrected chi connectivity index (χ1v) is 15.5. The minimum atomic E-state index is -1.24. The van der Waals surface area contributed by atoms with Gasteiger partial charge in [0.1, 0.15) is 29.8 Å². The van der Waals surface area contributed by atoms with Crippen molar-refractivity contribution in [2.75, 3.05) is 32.8 Å². The molecule has 0 spiro atoms. The highest BCUT2D eigenvalue weighted by molar-refractivity contribution is 7.99. The Kier molecular flexibility index (Phi) is 17.2. The highest BCUT2D eigenvalue weighted by Gasteiger charge is 2.30. The SMILES string of the molecule is COC(=O)[C@H](CSC[C@@H](NC(=O)CC[C@@H](NC(=O)[C@H](Cc1ccccc1)NC(C)=O)C(=O)OC)C(=O)OC)NC(=O)OC(C)(C)C. The molecule has 0 saturated heterocycles. The Balaban J connectivity index is 2.85. The zero-order chi connectivity index (χ0) is 34.9. The van der Waals surface area contributed by atoms with Crippen LogP contribution in [0.2, 0.25) is 0 Å². The van der Waals surface area contributed by atoms with Crippen LogP contribution < -0.4 is 21.3 Å². The third-order valence-electron chi connectivity index (χ3n) is 6.01. The number of nitrogens with one attached hydrogen (secondary N) is 4. The molecule has 1 aromatic rings. The molecule has 46 heavy (non-hydrogen) atoms. The second kappa shape index (κ2) is 19.9. The topological polar surface area (TPSA) is 205 Å². The molecule has 4 amide bonds. The lowest BCUT2D eigenvalue weighted by molar-refractivity contribution is -0.146. The Hall–Kier alpha value is -4.34. The predicted octanol–water partition coefficient (Wildman–Crippen LogP) is 0.629. The number of thioether (sulfide) groups is 1. The fourth-order valence-corrected chi connectivity index (χ4v) is 4.93. The smallest absolute Gasteiger partial charge is 0.408 e. The molecule has 0 aliphatic heterocycles. The minimum Gasteiger partial charge on any atom is -0.467 e. The number of hydrogen-bond acceptors (Lipinski definition) is 12.